The highest BCUT2D eigenvalue weighted by Gasteiger charge is 2.15. The summed E-state index contributed by atoms with van der Waals surface area (Å²) in [5.41, 5.74) is 8.54. The Morgan fingerprint density at radius 3 is 2.52 bits per heavy atom. The molecule has 6 nitrogen and oxygen atoms in total. The third kappa shape index (κ3) is 4.21. The van der Waals surface area contributed by atoms with Crippen LogP contribution in [0.15, 0.2) is 59.0 Å². The first-order valence-corrected chi connectivity index (χ1v) is 10.2. The first-order valence-electron chi connectivity index (χ1n) is 10.2. The lowest BCUT2D eigenvalue weighted by Gasteiger charge is -2.14. The van der Waals surface area contributed by atoms with E-state index in [1.165, 1.54) is 0 Å². The molecular formula is C25H25N3O3. The van der Waals surface area contributed by atoms with E-state index in [0.29, 0.717) is 25.4 Å². The van der Waals surface area contributed by atoms with Crippen molar-refractivity contribution in [3.8, 4) is 22.6 Å². The second-order valence-corrected chi connectivity index (χ2v) is 7.44. The van der Waals surface area contributed by atoms with Crippen LogP contribution >= 0.6 is 0 Å². The molecule has 31 heavy (non-hydrogen) atoms. The standard InChI is InChI=1S/C25H25N3O3/c1-16-19(20-6-4-8-22(17(20)2)27-15-30)5-3-7-21(16)25-28-23-13-18(14-26-11-12-29)9-10-24(23)31-25/h3-10,13,15,26,29H,11-12,14H2,1-2H3,(H,27,30). The number of aromatic nitrogens is 1. The van der Waals surface area contributed by atoms with Gasteiger partial charge < -0.3 is 20.2 Å². The van der Waals surface area contributed by atoms with E-state index in [4.69, 9.17) is 14.5 Å². The van der Waals surface area contributed by atoms with Crippen LogP contribution in [-0.4, -0.2) is 29.7 Å². The average Bonchev–Trinajstić information content (AvgIpc) is 3.19. The van der Waals surface area contributed by atoms with Crippen molar-refractivity contribution in [1.82, 2.24) is 10.3 Å². The zero-order valence-electron chi connectivity index (χ0n) is 17.6. The van der Waals surface area contributed by atoms with E-state index in [0.717, 1.165) is 50.2 Å². The van der Waals surface area contributed by atoms with E-state index in [9.17, 15) is 4.79 Å². The van der Waals surface area contributed by atoms with Gasteiger partial charge >= 0.3 is 0 Å². The molecule has 1 amide bonds. The molecule has 0 radical (unpaired) electrons. The molecule has 1 aromatic heterocycles. The van der Waals surface area contributed by atoms with Crippen LogP contribution in [0.1, 0.15) is 16.7 Å². The van der Waals surface area contributed by atoms with Crippen LogP contribution in [0, 0.1) is 13.8 Å². The highest BCUT2D eigenvalue weighted by atomic mass is 16.3. The summed E-state index contributed by atoms with van der Waals surface area (Å²) in [6.07, 6.45) is 0.696. The lowest BCUT2D eigenvalue weighted by Crippen LogP contribution is -2.17. The second kappa shape index (κ2) is 9.12. The van der Waals surface area contributed by atoms with Crippen molar-refractivity contribution in [3.05, 3.63) is 71.3 Å². The van der Waals surface area contributed by atoms with Crippen molar-refractivity contribution in [1.29, 1.82) is 0 Å². The average molecular weight is 415 g/mol. The van der Waals surface area contributed by atoms with Gasteiger partial charge in [-0.3, -0.25) is 4.79 Å². The third-order valence-electron chi connectivity index (χ3n) is 5.47. The summed E-state index contributed by atoms with van der Waals surface area (Å²) in [6.45, 7) is 5.39. The molecule has 1 heterocycles. The topological polar surface area (TPSA) is 87.4 Å². The Morgan fingerprint density at radius 1 is 1.00 bits per heavy atom. The largest absolute Gasteiger partial charge is 0.436 e. The number of fused-ring (bicyclic) bond motifs is 1. The highest BCUT2D eigenvalue weighted by Crippen LogP contribution is 2.36. The zero-order chi connectivity index (χ0) is 21.8. The van der Waals surface area contributed by atoms with Gasteiger partial charge in [-0.05, 0) is 65.9 Å². The number of benzene rings is 3. The van der Waals surface area contributed by atoms with Gasteiger partial charge in [0.05, 0.1) is 6.61 Å². The molecule has 158 valence electrons. The Kier molecular flexibility index (Phi) is 6.11. The van der Waals surface area contributed by atoms with Crippen LogP contribution in [0.3, 0.4) is 0 Å². The maximum atomic E-state index is 10.9. The Morgan fingerprint density at radius 2 is 1.74 bits per heavy atom. The minimum atomic E-state index is 0.111. The molecule has 0 aliphatic heterocycles. The van der Waals surface area contributed by atoms with Crippen molar-refractivity contribution >= 4 is 23.2 Å². The van der Waals surface area contributed by atoms with Crippen molar-refractivity contribution in [2.24, 2.45) is 0 Å². The van der Waals surface area contributed by atoms with Crippen molar-refractivity contribution in [2.45, 2.75) is 20.4 Å². The first-order chi connectivity index (χ1) is 15.1. The normalized spacial score (nSPS) is 11.1. The van der Waals surface area contributed by atoms with Gasteiger partial charge in [0.25, 0.3) is 0 Å². The smallest absolute Gasteiger partial charge is 0.227 e. The van der Waals surface area contributed by atoms with Crippen molar-refractivity contribution in [2.75, 3.05) is 18.5 Å². The number of aliphatic hydroxyl groups is 1. The number of carbonyl (C=O) groups excluding carboxylic acids is 1. The molecule has 6 heteroatoms. The van der Waals surface area contributed by atoms with Gasteiger partial charge in [-0.1, -0.05) is 30.3 Å². The summed E-state index contributed by atoms with van der Waals surface area (Å²) in [5.74, 6) is 0.578. The molecule has 0 fully saturated rings. The number of rotatable bonds is 8. The van der Waals surface area contributed by atoms with Crippen LogP contribution < -0.4 is 10.6 Å². The van der Waals surface area contributed by atoms with Gasteiger partial charge in [-0.2, -0.15) is 0 Å². The van der Waals surface area contributed by atoms with Gasteiger partial charge in [0, 0.05) is 24.3 Å². The molecule has 0 saturated heterocycles. The Labute approximate surface area is 180 Å². The number of carbonyl (C=O) groups is 1. The van der Waals surface area contributed by atoms with E-state index in [1.54, 1.807) is 0 Å². The summed E-state index contributed by atoms with van der Waals surface area (Å²) < 4.78 is 6.07. The van der Waals surface area contributed by atoms with Crippen molar-refractivity contribution in [3.63, 3.8) is 0 Å². The first kappa shape index (κ1) is 20.8. The Hall–Kier alpha value is -3.48. The van der Waals surface area contributed by atoms with Crippen LogP contribution in [-0.2, 0) is 11.3 Å². The van der Waals surface area contributed by atoms with Crippen LogP contribution in [0.4, 0.5) is 5.69 Å². The van der Waals surface area contributed by atoms with Gasteiger partial charge in [-0.25, -0.2) is 4.98 Å². The molecule has 0 bridgehead atoms. The number of aliphatic hydroxyl groups excluding tert-OH is 1. The zero-order valence-corrected chi connectivity index (χ0v) is 17.6. The summed E-state index contributed by atoms with van der Waals surface area (Å²) >= 11 is 0. The van der Waals surface area contributed by atoms with Gasteiger partial charge in [-0.15, -0.1) is 0 Å². The summed E-state index contributed by atoms with van der Waals surface area (Å²) in [6, 6.07) is 17.9. The van der Waals surface area contributed by atoms with Crippen molar-refractivity contribution < 1.29 is 14.3 Å². The van der Waals surface area contributed by atoms with Crippen LogP contribution in [0.25, 0.3) is 33.7 Å². The van der Waals surface area contributed by atoms with E-state index >= 15 is 0 Å². The Balaban J connectivity index is 1.72. The number of nitrogens with one attached hydrogen (secondary N) is 2. The number of amides is 1. The van der Waals surface area contributed by atoms with Gasteiger partial charge in [0.2, 0.25) is 12.3 Å². The maximum absolute atomic E-state index is 10.9. The lowest BCUT2D eigenvalue weighted by molar-refractivity contribution is -0.105. The molecule has 0 aliphatic carbocycles. The third-order valence-corrected chi connectivity index (χ3v) is 5.47. The van der Waals surface area contributed by atoms with E-state index in [1.807, 2.05) is 49.4 Å². The number of nitrogens with zero attached hydrogens (tertiary/aromatic N) is 1. The molecule has 0 aliphatic rings. The number of anilines is 1. The van der Waals surface area contributed by atoms with Crippen LogP contribution in [0.2, 0.25) is 0 Å². The molecular weight excluding hydrogens is 390 g/mol. The molecule has 4 rings (SSSR count). The molecule has 0 saturated carbocycles. The van der Waals surface area contributed by atoms with Gasteiger partial charge in [0.15, 0.2) is 5.58 Å². The molecule has 0 unspecified atom stereocenters. The summed E-state index contributed by atoms with van der Waals surface area (Å²) in [7, 11) is 0. The number of hydrogen-bond donors (Lipinski definition) is 3. The molecule has 3 N–H and O–H groups in total. The maximum Gasteiger partial charge on any atom is 0.227 e. The minimum absolute atomic E-state index is 0.111. The molecule has 4 aromatic rings. The predicted octanol–water partition coefficient (Wildman–Crippen LogP) is 4.43. The summed E-state index contributed by atoms with van der Waals surface area (Å²) in [5, 5.41) is 14.9. The monoisotopic (exact) mass is 415 g/mol. The number of oxazole rings is 1. The van der Waals surface area contributed by atoms with E-state index < -0.39 is 0 Å². The highest BCUT2D eigenvalue weighted by molar-refractivity contribution is 5.84. The molecule has 0 atom stereocenters. The summed E-state index contributed by atoms with van der Waals surface area (Å²) in [4.78, 5) is 15.7. The lowest BCUT2D eigenvalue weighted by atomic mass is 9.93. The fraction of sp³-hybridized carbons (Fsp3) is 0.200. The fourth-order valence-electron chi connectivity index (χ4n) is 3.82. The Bertz CT molecular complexity index is 1230. The van der Waals surface area contributed by atoms with E-state index in [2.05, 4.69) is 29.7 Å². The second-order valence-electron chi connectivity index (χ2n) is 7.44. The number of hydrogen-bond acceptors (Lipinski definition) is 5. The van der Waals surface area contributed by atoms with Crippen LogP contribution in [0.5, 0.6) is 0 Å². The minimum Gasteiger partial charge on any atom is -0.436 e. The fourth-order valence-corrected chi connectivity index (χ4v) is 3.82. The van der Waals surface area contributed by atoms with E-state index in [-0.39, 0.29) is 6.61 Å². The van der Waals surface area contributed by atoms with Gasteiger partial charge in [0.1, 0.15) is 5.52 Å². The quantitative estimate of drug-likeness (QED) is 0.293. The molecule has 3 aromatic carbocycles. The predicted molar refractivity (Wildman–Crippen MR) is 123 cm³/mol. The SMILES string of the molecule is Cc1c(NC=O)cccc1-c1cccc(-c2nc3cc(CNCCO)ccc3o2)c1C. The molecule has 0 spiro atoms.